The van der Waals surface area contributed by atoms with Crippen LogP contribution in [0.5, 0.6) is 0 Å². The molecule has 1 saturated heterocycles. The molecule has 0 aliphatic carbocycles. The number of carbonyl (C=O) groups is 1. The molecule has 8 nitrogen and oxygen atoms in total. The molecular weight excluding hydrogens is 511 g/mol. The van der Waals surface area contributed by atoms with E-state index in [1.807, 2.05) is 30.3 Å². The van der Waals surface area contributed by atoms with Crippen molar-refractivity contribution in [3.05, 3.63) is 80.2 Å². The Morgan fingerprint density at radius 1 is 1.09 bits per heavy atom. The van der Waals surface area contributed by atoms with Crippen LogP contribution in [0.4, 0.5) is 5.69 Å². The average molecular weight is 537 g/mol. The lowest BCUT2D eigenvalue weighted by molar-refractivity contribution is -0.120. The Balaban J connectivity index is 1.42. The molecular formula is C24H26Cl2N4O4S. The smallest absolute Gasteiger partial charge is 0.295 e. The minimum atomic E-state index is -3.61. The van der Waals surface area contributed by atoms with Crippen molar-refractivity contribution in [2.75, 3.05) is 18.4 Å². The highest BCUT2D eigenvalue weighted by atomic mass is 35.5. The Morgan fingerprint density at radius 3 is 2.37 bits per heavy atom. The van der Waals surface area contributed by atoms with Crippen molar-refractivity contribution >= 4 is 44.8 Å². The Bertz CT molecular complexity index is 1410. The van der Waals surface area contributed by atoms with Crippen LogP contribution in [0.15, 0.2) is 53.3 Å². The summed E-state index contributed by atoms with van der Waals surface area (Å²) in [4.78, 5) is 26.0. The maximum Gasteiger partial charge on any atom is 0.295 e. The van der Waals surface area contributed by atoms with Crippen molar-refractivity contribution < 1.29 is 13.2 Å². The number of benzene rings is 2. The number of rotatable bonds is 6. The number of anilines is 1. The molecule has 2 heterocycles. The number of hydrogen-bond acceptors (Lipinski definition) is 4. The lowest BCUT2D eigenvalue weighted by atomic mass is 9.97. The van der Waals surface area contributed by atoms with Crippen LogP contribution in [0.3, 0.4) is 0 Å². The number of sulfonamides is 1. The van der Waals surface area contributed by atoms with E-state index in [4.69, 9.17) is 23.2 Å². The number of nitrogens with one attached hydrogen (secondary N) is 1. The number of hydrogen-bond donors (Lipinski definition) is 1. The largest absolute Gasteiger partial charge is 0.320 e. The van der Waals surface area contributed by atoms with Crippen molar-refractivity contribution in [2.24, 2.45) is 13.0 Å². The Labute approximate surface area is 214 Å². The Morgan fingerprint density at radius 2 is 1.74 bits per heavy atom. The fraction of sp³-hybridized carbons (Fsp3) is 0.333. The molecule has 1 N–H and O–H groups in total. The van der Waals surface area contributed by atoms with Crippen LogP contribution >= 0.6 is 23.2 Å². The van der Waals surface area contributed by atoms with Crippen molar-refractivity contribution in [3.8, 4) is 5.69 Å². The van der Waals surface area contributed by atoms with Gasteiger partial charge in [-0.3, -0.25) is 14.3 Å². The van der Waals surface area contributed by atoms with Gasteiger partial charge in [0.1, 0.15) is 5.69 Å². The number of para-hydroxylation sites is 1. The first-order valence-electron chi connectivity index (χ1n) is 11.1. The third kappa shape index (κ3) is 5.33. The first-order valence-corrected chi connectivity index (χ1v) is 13.5. The zero-order valence-electron chi connectivity index (χ0n) is 19.4. The fourth-order valence-corrected chi connectivity index (χ4v) is 6.41. The number of amides is 1. The Hall–Kier alpha value is -2.59. The highest BCUT2D eigenvalue weighted by molar-refractivity contribution is 7.88. The van der Waals surface area contributed by atoms with Gasteiger partial charge in [0.05, 0.1) is 17.1 Å². The first-order chi connectivity index (χ1) is 16.6. The second kappa shape index (κ2) is 10.2. The topological polar surface area (TPSA) is 93.4 Å². The maximum atomic E-state index is 13.1. The monoisotopic (exact) mass is 536 g/mol. The van der Waals surface area contributed by atoms with E-state index in [2.05, 4.69) is 5.32 Å². The van der Waals surface area contributed by atoms with Crippen molar-refractivity contribution in [1.29, 1.82) is 0 Å². The second-order valence-corrected chi connectivity index (χ2v) is 11.4. The predicted molar refractivity (Wildman–Crippen MR) is 138 cm³/mol. The fourth-order valence-electron chi connectivity index (χ4n) is 4.26. The highest BCUT2D eigenvalue weighted by Gasteiger charge is 2.32. The molecule has 0 saturated carbocycles. The summed E-state index contributed by atoms with van der Waals surface area (Å²) in [5.74, 6) is -0.916. The van der Waals surface area contributed by atoms with E-state index < -0.39 is 15.9 Å². The molecule has 0 radical (unpaired) electrons. The van der Waals surface area contributed by atoms with E-state index in [0.717, 1.165) is 0 Å². The molecule has 1 aromatic heterocycles. The third-order valence-corrected chi connectivity index (χ3v) is 8.79. The van der Waals surface area contributed by atoms with Crippen LogP contribution < -0.4 is 10.9 Å². The molecule has 0 bridgehead atoms. The number of halogens is 2. The average Bonchev–Trinajstić information content (AvgIpc) is 3.04. The summed E-state index contributed by atoms with van der Waals surface area (Å²) in [6.07, 6.45) is 0.719. The van der Waals surface area contributed by atoms with E-state index >= 15 is 0 Å². The second-order valence-electron chi connectivity index (χ2n) is 8.59. The molecule has 1 aliphatic rings. The van der Waals surface area contributed by atoms with Crippen LogP contribution in [-0.4, -0.2) is 41.1 Å². The molecule has 2 aromatic carbocycles. The van der Waals surface area contributed by atoms with E-state index in [0.29, 0.717) is 39.8 Å². The van der Waals surface area contributed by atoms with Crippen LogP contribution in [0.1, 0.15) is 24.1 Å². The van der Waals surface area contributed by atoms with Crippen molar-refractivity contribution in [1.82, 2.24) is 13.7 Å². The summed E-state index contributed by atoms with van der Waals surface area (Å²) in [6.45, 7) is 2.20. The summed E-state index contributed by atoms with van der Waals surface area (Å²) in [6, 6.07) is 13.9. The summed E-state index contributed by atoms with van der Waals surface area (Å²) >= 11 is 12.0. The summed E-state index contributed by atoms with van der Waals surface area (Å²) in [5.41, 5.74) is 1.72. The number of nitrogens with zero attached hydrogens (tertiary/aromatic N) is 3. The number of aromatic nitrogens is 2. The zero-order valence-corrected chi connectivity index (χ0v) is 21.7. The molecule has 0 atom stereocenters. The minimum absolute atomic E-state index is 0.216. The van der Waals surface area contributed by atoms with Gasteiger partial charge in [0.25, 0.3) is 5.56 Å². The van der Waals surface area contributed by atoms with Gasteiger partial charge < -0.3 is 5.32 Å². The predicted octanol–water partition coefficient (Wildman–Crippen LogP) is 3.97. The van der Waals surface area contributed by atoms with Crippen LogP contribution in [0, 0.1) is 12.8 Å². The molecule has 1 amide bonds. The highest BCUT2D eigenvalue weighted by Crippen LogP contribution is 2.27. The standard InChI is InChI=1S/C24H26Cl2N4O4S/c1-16-22(24(32)30(28(16)2)20-6-4-3-5-7-20)27-23(31)17-10-12-29(13-11-17)35(33,34)15-18-8-9-19(25)14-21(18)26/h3-9,14,17H,10-13,15H2,1-2H3,(H,27,31). The summed E-state index contributed by atoms with van der Waals surface area (Å²) < 4.78 is 30.4. The molecule has 1 aliphatic heterocycles. The van der Waals surface area contributed by atoms with E-state index in [9.17, 15) is 18.0 Å². The van der Waals surface area contributed by atoms with Gasteiger partial charge in [-0.2, -0.15) is 0 Å². The van der Waals surface area contributed by atoms with Crippen LogP contribution in [0.2, 0.25) is 10.0 Å². The third-order valence-electron chi connectivity index (χ3n) is 6.37. The van der Waals surface area contributed by atoms with Crippen LogP contribution in [-0.2, 0) is 27.6 Å². The molecule has 0 spiro atoms. The first kappa shape index (κ1) is 25.5. The summed E-state index contributed by atoms with van der Waals surface area (Å²) in [7, 11) is -1.85. The van der Waals surface area contributed by atoms with Gasteiger partial charge in [-0.25, -0.2) is 17.4 Å². The van der Waals surface area contributed by atoms with Gasteiger partial charge >= 0.3 is 0 Å². The zero-order chi connectivity index (χ0) is 25.3. The maximum absolute atomic E-state index is 13.1. The van der Waals surface area contributed by atoms with Gasteiger partial charge in [-0.1, -0.05) is 47.5 Å². The molecule has 186 valence electrons. The van der Waals surface area contributed by atoms with E-state index in [-0.39, 0.29) is 36.0 Å². The van der Waals surface area contributed by atoms with Gasteiger partial charge in [0, 0.05) is 36.1 Å². The van der Waals surface area contributed by atoms with Crippen molar-refractivity contribution in [3.63, 3.8) is 0 Å². The van der Waals surface area contributed by atoms with Gasteiger partial charge in [-0.15, -0.1) is 0 Å². The minimum Gasteiger partial charge on any atom is -0.320 e. The molecule has 1 fully saturated rings. The summed E-state index contributed by atoms with van der Waals surface area (Å²) in [5, 5.41) is 3.53. The molecule has 11 heteroatoms. The lowest BCUT2D eigenvalue weighted by Crippen LogP contribution is -2.42. The quantitative estimate of drug-likeness (QED) is 0.515. The normalized spacial score (nSPS) is 15.3. The molecule has 3 aromatic rings. The van der Waals surface area contributed by atoms with Gasteiger partial charge in [0.2, 0.25) is 15.9 Å². The number of carbonyl (C=O) groups excluding carboxylic acids is 1. The SMILES string of the molecule is Cc1c(NC(=O)C2CCN(S(=O)(=O)Cc3ccc(Cl)cc3Cl)CC2)c(=O)n(-c2ccccc2)n1C. The molecule has 4 rings (SSSR count). The van der Waals surface area contributed by atoms with Crippen molar-refractivity contribution in [2.45, 2.75) is 25.5 Å². The molecule has 0 unspecified atom stereocenters. The lowest BCUT2D eigenvalue weighted by Gasteiger charge is -2.30. The van der Waals surface area contributed by atoms with E-state index in [1.54, 1.807) is 30.8 Å². The van der Waals surface area contributed by atoms with E-state index in [1.165, 1.54) is 15.1 Å². The number of piperidine rings is 1. The van der Waals surface area contributed by atoms with Gasteiger partial charge in [-0.05, 0) is 49.6 Å². The van der Waals surface area contributed by atoms with Gasteiger partial charge in [0.15, 0.2) is 0 Å². The Kier molecular flexibility index (Phi) is 7.42. The molecule has 35 heavy (non-hydrogen) atoms. The van der Waals surface area contributed by atoms with Crippen LogP contribution in [0.25, 0.3) is 5.69 Å².